The van der Waals surface area contributed by atoms with Crippen molar-refractivity contribution >= 4 is 35.0 Å². The number of anilines is 1. The van der Waals surface area contributed by atoms with Crippen LogP contribution in [-0.2, 0) is 9.59 Å². The minimum atomic E-state index is -0.320. The molecule has 33 heavy (non-hydrogen) atoms. The molecule has 1 heterocycles. The van der Waals surface area contributed by atoms with E-state index in [1.807, 2.05) is 0 Å². The Morgan fingerprint density at radius 1 is 1.03 bits per heavy atom. The van der Waals surface area contributed by atoms with Crippen molar-refractivity contribution in [2.75, 3.05) is 18.7 Å². The molecule has 3 amide bonds. The van der Waals surface area contributed by atoms with Crippen LogP contribution in [0, 0.1) is 35.5 Å². The first-order valence-electron chi connectivity index (χ1n) is 11.2. The fraction of sp³-hybridized carbons (Fsp3) is 0.346. The lowest BCUT2D eigenvalue weighted by atomic mass is 9.63. The van der Waals surface area contributed by atoms with Crippen molar-refractivity contribution in [3.05, 3.63) is 71.3 Å². The van der Waals surface area contributed by atoms with Gasteiger partial charge in [0.2, 0.25) is 11.8 Å². The maximum absolute atomic E-state index is 13.6. The molecule has 6 nitrogen and oxygen atoms in total. The minimum Gasteiger partial charge on any atom is -0.497 e. The molecule has 5 aliphatic rings. The highest BCUT2D eigenvalue weighted by atomic mass is 35.5. The third kappa shape index (κ3) is 3.11. The Bertz CT molecular complexity index is 1160. The highest BCUT2D eigenvalue weighted by Gasteiger charge is 2.67. The minimum absolute atomic E-state index is 0.131. The smallest absolute Gasteiger partial charge is 0.259 e. The van der Waals surface area contributed by atoms with Crippen molar-refractivity contribution in [1.82, 2.24) is 4.90 Å². The average Bonchev–Trinajstić information content (AvgIpc) is 3.62. The van der Waals surface area contributed by atoms with Gasteiger partial charge in [0.15, 0.2) is 0 Å². The molecule has 168 valence electrons. The molecule has 1 saturated heterocycles. The van der Waals surface area contributed by atoms with Crippen molar-refractivity contribution in [3.63, 3.8) is 0 Å². The van der Waals surface area contributed by atoms with E-state index in [0.717, 1.165) is 6.42 Å². The monoisotopic (exact) mass is 462 g/mol. The number of benzene rings is 2. The number of nitrogens with zero attached hydrogens (tertiary/aromatic N) is 2. The van der Waals surface area contributed by atoms with Gasteiger partial charge in [-0.05, 0) is 66.5 Å². The maximum Gasteiger partial charge on any atom is 0.259 e. The number of amides is 3. The maximum atomic E-state index is 13.6. The molecule has 3 fully saturated rings. The summed E-state index contributed by atoms with van der Waals surface area (Å²) in [5.74, 6) is 0.690. The standard InChI is InChI=1S/C26H23ClN2O4/c1-33-17-4-2-3-16(11-17)28(24(30)14-5-7-15(27)8-6-14)13-29-25(31)22-18-9-10-19(21-12-20(18)21)23(22)26(29)32/h2-11,18-23H,12-13H2,1H3. The van der Waals surface area contributed by atoms with E-state index >= 15 is 0 Å². The molecular weight excluding hydrogens is 440 g/mol. The van der Waals surface area contributed by atoms with E-state index in [1.54, 1.807) is 55.6 Å². The zero-order valence-corrected chi connectivity index (χ0v) is 18.8. The largest absolute Gasteiger partial charge is 0.497 e. The first kappa shape index (κ1) is 20.5. The van der Waals surface area contributed by atoms with Crippen LogP contribution in [0.2, 0.25) is 5.02 Å². The molecule has 2 bridgehead atoms. The summed E-state index contributed by atoms with van der Waals surface area (Å²) in [6.45, 7) is -0.131. The summed E-state index contributed by atoms with van der Waals surface area (Å²) in [7, 11) is 1.55. The van der Waals surface area contributed by atoms with Crippen LogP contribution in [0.3, 0.4) is 0 Å². The molecule has 4 aliphatic carbocycles. The zero-order chi connectivity index (χ0) is 22.9. The summed E-state index contributed by atoms with van der Waals surface area (Å²) in [4.78, 5) is 43.3. The number of ether oxygens (including phenoxy) is 1. The molecule has 6 atom stereocenters. The van der Waals surface area contributed by atoms with E-state index in [9.17, 15) is 14.4 Å². The number of halogens is 1. The number of allylic oxidation sites excluding steroid dienone is 2. The van der Waals surface area contributed by atoms with Gasteiger partial charge in [-0.25, -0.2) is 0 Å². The fourth-order valence-electron chi connectivity index (χ4n) is 6.09. The van der Waals surface area contributed by atoms with Gasteiger partial charge < -0.3 is 4.74 Å². The molecule has 1 aliphatic heterocycles. The summed E-state index contributed by atoms with van der Waals surface area (Å²) in [5, 5.41) is 0.523. The third-order valence-corrected chi connectivity index (χ3v) is 7.99. The number of rotatable bonds is 5. The summed E-state index contributed by atoms with van der Waals surface area (Å²) in [6.07, 6.45) is 5.40. The number of carbonyl (C=O) groups excluding carboxylic acids is 3. The second-order valence-electron chi connectivity index (χ2n) is 9.34. The number of likely N-dealkylation sites (tertiary alicyclic amines) is 1. The molecule has 2 aromatic carbocycles. The van der Waals surface area contributed by atoms with Gasteiger partial charge in [-0.1, -0.05) is 29.8 Å². The summed E-state index contributed by atoms with van der Waals surface area (Å²) >= 11 is 6.00. The Balaban J connectivity index is 1.35. The number of hydrogen-bond acceptors (Lipinski definition) is 4. The van der Waals surface area contributed by atoms with Gasteiger partial charge in [0.25, 0.3) is 5.91 Å². The van der Waals surface area contributed by atoms with Gasteiger partial charge in [-0.2, -0.15) is 0 Å². The normalized spacial score (nSPS) is 30.8. The van der Waals surface area contributed by atoms with E-state index in [-0.39, 0.29) is 48.1 Å². The molecule has 7 heteroatoms. The van der Waals surface area contributed by atoms with E-state index in [0.29, 0.717) is 33.9 Å². The average molecular weight is 463 g/mol. The van der Waals surface area contributed by atoms with Crippen LogP contribution >= 0.6 is 11.6 Å². The van der Waals surface area contributed by atoms with E-state index < -0.39 is 0 Å². The Morgan fingerprint density at radius 3 is 2.27 bits per heavy atom. The Hall–Kier alpha value is -3.12. The van der Waals surface area contributed by atoms with Gasteiger partial charge in [0, 0.05) is 22.3 Å². The van der Waals surface area contributed by atoms with Crippen LogP contribution < -0.4 is 9.64 Å². The Morgan fingerprint density at radius 2 is 1.67 bits per heavy atom. The lowest BCUT2D eigenvalue weighted by Crippen LogP contribution is -2.45. The molecule has 6 unspecified atom stereocenters. The van der Waals surface area contributed by atoms with E-state index in [1.165, 1.54) is 9.80 Å². The van der Waals surface area contributed by atoms with Gasteiger partial charge >= 0.3 is 0 Å². The van der Waals surface area contributed by atoms with Crippen LogP contribution in [-0.4, -0.2) is 36.4 Å². The SMILES string of the molecule is COc1cccc(N(CN2C(=O)C3C4C=CC(C5CC45)C3C2=O)C(=O)c2ccc(Cl)cc2)c1. The molecule has 7 rings (SSSR count). The molecule has 0 radical (unpaired) electrons. The first-order valence-corrected chi connectivity index (χ1v) is 11.6. The predicted molar refractivity (Wildman–Crippen MR) is 123 cm³/mol. The number of carbonyl (C=O) groups is 3. The quantitative estimate of drug-likeness (QED) is 0.497. The predicted octanol–water partition coefficient (Wildman–Crippen LogP) is 4.01. The van der Waals surface area contributed by atoms with Crippen molar-refractivity contribution in [1.29, 1.82) is 0 Å². The van der Waals surface area contributed by atoms with E-state index in [2.05, 4.69) is 12.2 Å². The zero-order valence-electron chi connectivity index (χ0n) is 18.1. The topological polar surface area (TPSA) is 66.9 Å². The van der Waals surface area contributed by atoms with Crippen molar-refractivity contribution < 1.29 is 19.1 Å². The number of hydrogen-bond donors (Lipinski definition) is 0. The molecule has 0 spiro atoms. The highest BCUT2D eigenvalue weighted by Crippen LogP contribution is 2.65. The van der Waals surface area contributed by atoms with Crippen LogP contribution in [0.5, 0.6) is 5.75 Å². The second-order valence-corrected chi connectivity index (χ2v) is 9.78. The second kappa shape index (κ2) is 7.45. The van der Waals surface area contributed by atoms with Crippen molar-refractivity contribution in [3.8, 4) is 5.75 Å². The third-order valence-electron chi connectivity index (χ3n) is 7.74. The van der Waals surface area contributed by atoms with Crippen LogP contribution in [0.1, 0.15) is 16.8 Å². The molecule has 2 aromatic rings. The lowest BCUT2D eigenvalue weighted by Gasteiger charge is -2.37. The van der Waals surface area contributed by atoms with Gasteiger partial charge in [0.05, 0.1) is 18.9 Å². The summed E-state index contributed by atoms with van der Waals surface area (Å²) in [6, 6.07) is 13.6. The molecule has 0 N–H and O–H groups in total. The summed E-state index contributed by atoms with van der Waals surface area (Å²) in [5.41, 5.74) is 0.968. The van der Waals surface area contributed by atoms with Gasteiger partial charge in [-0.3, -0.25) is 24.2 Å². The lowest BCUT2D eigenvalue weighted by molar-refractivity contribution is -0.140. The number of methoxy groups -OCH3 is 1. The first-order chi connectivity index (χ1) is 16.0. The van der Waals surface area contributed by atoms with Gasteiger partial charge in [-0.15, -0.1) is 0 Å². The summed E-state index contributed by atoms with van der Waals surface area (Å²) < 4.78 is 5.34. The molecule has 0 aromatic heterocycles. The fourth-order valence-corrected chi connectivity index (χ4v) is 6.22. The highest BCUT2D eigenvalue weighted by molar-refractivity contribution is 6.30. The Labute approximate surface area is 196 Å². The van der Waals surface area contributed by atoms with Crippen molar-refractivity contribution in [2.24, 2.45) is 35.5 Å². The molecule has 2 saturated carbocycles. The van der Waals surface area contributed by atoms with Crippen LogP contribution in [0.4, 0.5) is 5.69 Å². The molecular formula is C26H23ClN2O4. The van der Waals surface area contributed by atoms with Crippen LogP contribution in [0.15, 0.2) is 60.7 Å². The van der Waals surface area contributed by atoms with Crippen molar-refractivity contribution in [2.45, 2.75) is 6.42 Å². The number of imide groups is 1. The van der Waals surface area contributed by atoms with Crippen LogP contribution in [0.25, 0.3) is 0 Å². The Kier molecular flexibility index (Phi) is 4.63. The van der Waals surface area contributed by atoms with E-state index in [4.69, 9.17) is 16.3 Å². The van der Waals surface area contributed by atoms with Gasteiger partial charge in [0.1, 0.15) is 12.4 Å².